The van der Waals surface area contributed by atoms with Crippen LogP contribution in [0.25, 0.3) is 0 Å². The first kappa shape index (κ1) is 11.5. The number of aryl methyl sites for hydroxylation is 1. The number of aromatic carboxylic acids is 1. The molecule has 1 rings (SSSR count). The number of anilines is 1. The van der Waals surface area contributed by atoms with E-state index in [9.17, 15) is 4.79 Å². The summed E-state index contributed by atoms with van der Waals surface area (Å²) >= 11 is 0. The minimum atomic E-state index is -0.976. The number of aliphatic hydroxyl groups excluding tert-OH is 1. The van der Waals surface area contributed by atoms with Gasteiger partial charge in [0.15, 0.2) is 0 Å². The lowest BCUT2D eigenvalue weighted by Gasteiger charge is -2.17. The maximum atomic E-state index is 10.7. The van der Waals surface area contributed by atoms with Crippen molar-refractivity contribution in [2.75, 3.05) is 25.1 Å². The van der Waals surface area contributed by atoms with Gasteiger partial charge in [0.25, 0.3) is 0 Å². The lowest BCUT2D eigenvalue weighted by Crippen LogP contribution is -2.22. The van der Waals surface area contributed by atoms with Crippen LogP contribution in [0, 0.1) is 6.92 Å². The molecule has 0 amide bonds. The van der Waals surface area contributed by atoms with E-state index in [-0.39, 0.29) is 12.2 Å². The van der Waals surface area contributed by atoms with Crippen molar-refractivity contribution in [2.24, 2.45) is 0 Å². The molecule has 82 valence electrons. The fourth-order valence-electron chi connectivity index (χ4n) is 1.25. The van der Waals surface area contributed by atoms with Crippen molar-refractivity contribution in [2.45, 2.75) is 6.92 Å². The Morgan fingerprint density at radius 1 is 1.53 bits per heavy atom. The summed E-state index contributed by atoms with van der Waals surface area (Å²) in [6.45, 7) is 2.16. The van der Waals surface area contributed by atoms with Gasteiger partial charge in [0, 0.05) is 13.6 Å². The number of pyridine rings is 1. The molecule has 0 unspecified atom stereocenters. The minimum Gasteiger partial charge on any atom is -0.478 e. The van der Waals surface area contributed by atoms with Gasteiger partial charge in [-0.05, 0) is 19.1 Å². The molecule has 0 bridgehead atoms. The highest BCUT2D eigenvalue weighted by Crippen LogP contribution is 2.13. The van der Waals surface area contributed by atoms with Crippen molar-refractivity contribution in [3.63, 3.8) is 0 Å². The van der Waals surface area contributed by atoms with Gasteiger partial charge in [-0.25, -0.2) is 9.78 Å². The largest absolute Gasteiger partial charge is 0.478 e. The standard InChI is InChI=1S/C10H14N2O3/c1-7-8(10(14)15)3-4-9(11-7)12(2)5-6-13/h3-4,13H,5-6H2,1-2H3,(H,14,15). The topological polar surface area (TPSA) is 73.7 Å². The van der Waals surface area contributed by atoms with E-state index in [1.54, 1.807) is 24.9 Å². The second-order valence-corrected chi connectivity index (χ2v) is 3.25. The van der Waals surface area contributed by atoms with E-state index in [0.29, 0.717) is 18.1 Å². The number of carboxylic acid groups (broad SMARTS) is 1. The maximum absolute atomic E-state index is 10.7. The summed E-state index contributed by atoms with van der Waals surface area (Å²) in [5.41, 5.74) is 0.681. The third kappa shape index (κ3) is 2.66. The van der Waals surface area contributed by atoms with Crippen LogP contribution in [-0.4, -0.2) is 41.4 Å². The van der Waals surface area contributed by atoms with Crippen molar-refractivity contribution >= 4 is 11.8 Å². The number of carbonyl (C=O) groups is 1. The van der Waals surface area contributed by atoms with Gasteiger partial charge in [-0.1, -0.05) is 0 Å². The van der Waals surface area contributed by atoms with Gasteiger partial charge >= 0.3 is 5.97 Å². The van der Waals surface area contributed by atoms with Crippen LogP contribution in [0.4, 0.5) is 5.82 Å². The molecule has 1 aromatic rings. The minimum absolute atomic E-state index is 0.0396. The number of hydrogen-bond donors (Lipinski definition) is 2. The van der Waals surface area contributed by atoms with Crippen molar-refractivity contribution in [1.29, 1.82) is 0 Å². The van der Waals surface area contributed by atoms with Crippen LogP contribution >= 0.6 is 0 Å². The summed E-state index contributed by atoms with van der Waals surface area (Å²) in [5, 5.41) is 17.6. The zero-order chi connectivity index (χ0) is 11.4. The average Bonchev–Trinajstić information content (AvgIpc) is 2.17. The van der Waals surface area contributed by atoms with Crippen LogP contribution in [0.15, 0.2) is 12.1 Å². The molecule has 1 heterocycles. The van der Waals surface area contributed by atoms with Gasteiger partial charge < -0.3 is 15.1 Å². The van der Waals surface area contributed by atoms with Crippen LogP contribution in [0.1, 0.15) is 16.1 Å². The van der Waals surface area contributed by atoms with Gasteiger partial charge in [0.05, 0.1) is 17.9 Å². The maximum Gasteiger partial charge on any atom is 0.337 e. The Morgan fingerprint density at radius 3 is 2.67 bits per heavy atom. The molecule has 0 aliphatic heterocycles. The van der Waals surface area contributed by atoms with Gasteiger partial charge in [-0.2, -0.15) is 0 Å². The number of nitrogens with zero attached hydrogens (tertiary/aromatic N) is 2. The number of rotatable bonds is 4. The van der Waals surface area contributed by atoms with E-state index in [2.05, 4.69) is 4.98 Å². The van der Waals surface area contributed by atoms with Crippen molar-refractivity contribution in [3.05, 3.63) is 23.4 Å². The van der Waals surface area contributed by atoms with Crippen LogP contribution in [-0.2, 0) is 0 Å². The molecule has 2 N–H and O–H groups in total. The molecular formula is C10H14N2O3. The second kappa shape index (κ2) is 4.75. The highest BCUT2D eigenvalue weighted by Gasteiger charge is 2.10. The zero-order valence-electron chi connectivity index (χ0n) is 8.77. The number of likely N-dealkylation sites (N-methyl/N-ethyl adjacent to an activating group) is 1. The zero-order valence-corrected chi connectivity index (χ0v) is 8.77. The number of aromatic nitrogens is 1. The number of carboxylic acids is 1. The Balaban J connectivity index is 2.96. The Hall–Kier alpha value is -1.62. The van der Waals surface area contributed by atoms with Crippen LogP contribution < -0.4 is 4.90 Å². The lowest BCUT2D eigenvalue weighted by molar-refractivity contribution is 0.0695. The van der Waals surface area contributed by atoms with E-state index in [0.717, 1.165) is 0 Å². The lowest BCUT2D eigenvalue weighted by atomic mass is 10.2. The quantitative estimate of drug-likeness (QED) is 0.757. The molecule has 5 heteroatoms. The normalized spacial score (nSPS) is 10.1. The van der Waals surface area contributed by atoms with Gasteiger partial charge in [-0.15, -0.1) is 0 Å². The Morgan fingerprint density at radius 2 is 2.20 bits per heavy atom. The highest BCUT2D eigenvalue weighted by molar-refractivity contribution is 5.89. The fraction of sp³-hybridized carbons (Fsp3) is 0.400. The van der Waals surface area contributed by atoms with E-state index < -0.39 is 5.97 Å². The monoisotopic (exact) mass is 210 g/mol. The highest BCUT2D eigenvalue weighted by atomic mass is 16.4. The van der Waals surface area contributed by atoms with Gasteiger partial charge in [0.2, 0.25) is 0 Å². The smallest absolute Gasteiger partial charge is 0.337 e. The SMILES string of the molecule is Cc1nc(N(C)CCO)ccc1C(=O)O. The number of hydrogen-bond acceptors (Lipinski definition) is 4. The third-order valence-corrected chi connectivity index (χ3v) is 2.13. The Bertz CT molecular complexity index is 366. The predicted octanol–water partition coefficient (Wildman–Crippen LogP) is 0.517. The summed E-state index contributed by atoms with van der Waals surface area (Å²) in [7, 11) is 1.79. The van der Waals surface area contributed by atoms with E-state index in [1.807, 2.05) is 0 Å². The summed E-state index contributed by atoms with van der Waals surface area (Å²) in [6, 6.07) is 3.15. The van der Waals surface area contributed by atoms with Crippen molar-refractivity contribution in [3.8, 4) is 0 Å². The molecule has 0 spiro atoms. The Labute approximate surface area is 88.0 Å². The third-order valence-electron chi connectivity index (χ3n) is 2.13. The molecule has 0 fully saturated rings. The molecule has 0 radical (unpaired) electrons. The fourth-order valence-corrected chi connectivity index (χ4v) is 1.25. The van der Waals surface area contributed by atoms with Gasteiger partial charge in [-0.3, -0.25) is 0 Å². The first-order chi connectivity index (χ1) is 7.06. The molecule has 5 nitrogen and oxygen atoms in total. The second-order valence-electron chi connectivity index (χ2n) is 3.25. The van der Waals surface area contributed by atoms with Gasteiger partial charge in [0.1, 0.15) is 5.82 Å². The summed E-state index contributed by atoms with van der Waals surface area (Å²) in [6.07, 6.45) is 0. The van der Waals surface area contributed by atoms with Crippen LogP contribution in [0.3, 0.4) is 0 Å². The first-order valence-electron chi connectivity index (χ1n) is 4.59. The molecular weight excluding hydrogens is 196 g/mol. The van der Waals surface area contributed by atoms with E-state index >= 15 is 0 Å². The van der Waals surface area contributed by atoms with Crippen molar-refractivity contribution in [1.82, 2.24) is 4.98 Å². The van der Waals surface area contributed by atoms with Crippen molar-refractivity contribution < 1.29 is 15.0 Å². The van der Waals surface area contributed by atoms with E-state index in [1.165, 1.54) is 6.07 Å². The molecule has 1 aromatic heterocycles. The predicted molar refractivity (Wildman–Crippen MR) is 56.3 cm³/mol. The average molecular weight is 210 g/mol. The Kier molecular flexibility index (Phi) is 3.62. The molecule has 0 aromatic carbocycles. The summed E-state index contributed by atoms with van der Waals surface area (Å²) in [4.78, 5) is 16.6. The molecule has 0 aliphatic carbocycles. The molecule has 0 saturated heterocycles. The van der Waals surface area contributed by atoms with Crippen LogP contribution in [0.5, 0.6) is 0 Å². The number of aliphatic hydroxyl groups is 1. The van der Waals surface area contributed by atoms with Crippen LogP contribution in [0.2, 0.25) is 0 Å². The molecule has 0 aliphatic rings. The molecule has 0 saturated carbocycles. The first-order valence-corrected chi connectivity index (χ1v) is 4.59. The van der Waals surface area contributed by atoms with E-state index in [4.69, 9.17) is 10.2 Å². The summed E-state index contributed by atoms with van der Waals surface area (Å²) < 4.78 is 0. The molecule has 0 atom stereocenters. The molecule has 15 heavy (non-hydrogen) atoms. The summed E-state index contributed by atoms with van der Waals surface area (Å²) in [5.74, 6) is -0.317.